The van der Waals surface area contributed by atoms with Gasteiger partial charge < -0.3 is 9.30 Å². The maximum atomic E-state index is 12.8. The van der Waals surface area contributed by atoms with E-state index in [1.807, 2.05) is 19.9 Å². The molecule has 148 valence electrons. The van der Waals surface area contributed by atoms with Gasteiger partial charge >= 0.3 is 0 Å². The van der Waals surface area contributed by atoms with Gasteiger partial charge in [0, 0.05) is 36.2 Å². The number of benzene rings is 1. The van der Waals surface area contributed by atoms with Crippen molar-refractivity contribution in [3.05, 3.63) is 51.3 Å². The quantitative estimate of drug-likeness (QED) is 0.225. The van der Waals surface area contributed by atoms with E-state index in [2.05, 4.69) is 16.5 Å². The summed E-state index contributed by atoms with van der Waals surface area (Å²) in [6, 6.07) is 6.67. The number of thiazole rings is 1. The first-order valence-electron chi connectivity index (χ1n) is 8.70. The van der Waals surface area contributed by atoms with Crippen LogP contribution in [0.25, 0.3) is 10.2 Å². The van der Waals surface area contributed by atoms with Crippen molar-refractivity contribution in [3.63, 3.8) is 0 Å². The molecule has 0 amide bonds. The Labute approximate surface area is 170 Å². The lowest BCUT2D eigenvalue weighted by Crippen LogP contribution is -2.14. The summed E-state index contributed by atoms with van der Waals surface area (Å²) in [5.41, 5.74) is 3.43. The molecule has 1 atom stereocenters. The fourth-order valence-corrected chi connectivity index (χ4v) is 5.31. The maximum absolute atomic E-state index is 12.8. The van der Waals surface area contributed by atoms with Gasteiger partial charge in [-0.05, 0) is 32.9 Å². The Morgan fingerprint density at radius 1 is 1.39 bits per heavy atom. The third-order valence-corrected chi connectivity index (χ3v) is 6.68. The number of carbonyl (C=O) groups is 1. The van der Waals surface area contributed by atoms with Crippen LogP contribution in [0.15, 0.2) is 28.6 Å². The highest BCUT2D eigenvalue weighted by atomic mass is 32.2. The van der Waals surface area contributed by atoms with Crippen LogP contribution in [0.1, 0.15) is 34.7 Å². The second-order valence-electron chi connectivity index (χ2n) is 6.56. The molecule has 0 N–H and O–H groups in total. The molecule has 1 aromatic carbocycles. The van der Waals surface area contributed by atoms with E-state index in [0.29, 0.717) is 17.7 Å². The smallest absolute Gasteiger partial charge is 0.270 e. The zero-order valence-corrected chi connectivity index (χ0v) is 17.7. The molecule has 0 aliphatic heterocycles. The van der Waals surface area contributed by atoms with Gasteiger partial charge in [-0.2, -0.15) is 0 Å². The van der Waals surface area contributed by atoms with Gasteiger partial charge in [-0.15, -0.1) is 11.3 Å². The van der Waals surface area contributed by atoms with Gasteiger partial charge in [0.2, 0.25) is 0 Å². The Hall–Kier alpha value is -2.23. The van der Waals surface area contributed by atoms with Gasteiger partial charge in [-0.25, -0.2) is 4.98 Å². The minimum absolute atomic E-state index is 0.0409. The first-order chi connectivity index (χ1) is 13.3. The van der Waals surface area contributed by atoms with E-state index in [-0.39, 0.29) is 23.3 Å². The van der Waals surface area contributed by atoms with Crippen LogP contribution in [0.4, 0.5) is 5.69 Å². The largest absolute Gasteiger partial charge is 0.383 e. The molecule has 0 radical (unpaired) electrons. The van der Waals surface area contributed by atoms with Crippen LogP contribution in [-0.4, -0.2) is 39.7 Å². The number of fused-ring (bicyclic) bond motifs is 1. The molecular formula is C19H21N3O4S2. The van der Waals surface area contributed by atoms with Crippen molar-refractivity contribution >= 4 is 44.8 Å². The van der Waals surface area contributed by atoms with Gasteiger partial charge in [-0.1, -0.05) is 11.8 Å². The lowest BCUT2D eigenvalue weighted by atomic mass is 10.2. The average molecular weight is 420 g/mol. The molecule has 9 heteroatoms. The number of hydrogen-bond donors (Lipinski definition) is 0. The molecule has 0 aliphatic carbocycles. The first-order valence-corrected chi connectivity index (χ1v) is 10.5. The van der Waals surface area contributed by atoms with Gasteiger partial charge in [0.15, 0.2) is 10.1 Å². The minimum atomic E-state index is -0.421. The second-order valence-corrected chi connectivity index (χ2v) is 8.81. The molecule has 0 spiro atoms. The topological polar surface area (TPSA) is 87.3 Å². The van der Waals surface area contributed by atoms with Crippen LogP contribution < -0.4 is 0 Å². The molecule has 2 heterocycles. The highest BCUT2D eigenvalue weighted by Gasteiger charge is 2.19. The summed E-state index contributed by atoms with van der Waals surface area (Å²) < 4.78 is 8.83. The monoisotopic (exact) mass is 419 g/mol. The number of nitro benzene ring substituents is 1. The van der Waals surface area contributed by atoms with E-state index in [9.17, 15) is 14.9 Å². The number of ether oxygens (including phenoxy) is 1. The number of nitro groups is 1. The summed E-state index contributed by atoms with van der Waals surface area (Å²) in [6.07, 6.45) is 0. The lowest BCUT2D eigenvalue weighted by molar-refractivity contribution is -0.384. The number of thioether (sulfide) groups is 1. The van der Waals surface area contributed by atoms with Crippen LogP contribution in [0.3, 0.4) is 0 Å². The maximum Gasteiger partial charge on any atom is 0.270 e. The molecule has 0 saturated carbocycles. The Morgan fingerprint density at radius 2 is 2.14 bits per heavy atom. The SMILES string of the molecule is COC[C@@H](C)n1c(C)cc(C(=O)CSc2nc3ccc([N+](=O)[O-])cc3s2)c1C. The molecule has 0 bridgehead atoms. The number of aromatic nitrogens is 2. The third kappa shape index (κ3) is 4.11. The summed E-state index contributed by atoms with van der Waals surface area (Å²) in [5.74, 6) is 0.310. The summed E-state index contributed by atoms with van der Waals surface area (Å²) >= 11 is 2.72. The minimum Gasteiger partial charge on any atom is -0.383 e. The average Bonchev–Trinajstić information content (AvgIpc) is 3.19. The van der Waals surface area contributed by atoms with Gasteiger partial charge in [-0.3, -0.25) is 14.9 Å². The molecule has 2 aromatic heterocycles. The van der Waals surface area contributed by atoms with Gasteiger partial charge in [0.05, 0.1) is 33.5 Å². The third-order valence-electron chi connectivity index (χ3n) is 4.52. The fourth-order valence-electron chi connectivity index (χ4n) is 3.33. The van der Waals surface area contributed by atoms with E-state index in [4.69, 9.17) is 4.74 Å². The van der Waals surface area contributed by atoms with E-state index in [0.717, 1.165) is 20.4 Å². The highest BCUT2D eigenvalue weighted by molar-refractivity contribution is 8.01. The van der Waals surface area contributed by atoms with Crippen molar-refractivity contribution in [3.8, 4) is 0 Å². The summed E-state index contributed by atoms with van der Waals surface area (Å²) in [6.45, 7) is 6.58. The first kappa shape index (κ1) is 20.5. The van der Waals surface area contributed by atoms with Crippen LogP contribution >= 0.6 is 23.1 Å². The second kappa shape index (κ2) is 8.42. The number of Topliss-reactive ketones (excluding diaryl/α,β-unsaturated/α-hetero) is 1. The van der Waals surface area contributed by atoms with Crippen LogP contribution in [0, 0.1) is 24.0 Å². The van der Waals surface area contributed by atoms with Crippen LogP contribution in [0.2, 0.25) is 0 Å². The van der Waals surface area contributed by atoms with Crippen molar-refractivity contribution in [2.75, 3.05) is 19.5 Å². The number of nitrogens with zero attached hydrogens (tertiary/aromatic N) is 3. The van der Waals surface area contributed by atoms with Gasteiger partial charge in [0.1, 0.15) is 0 Å². The predicted octanol–water partition coefficient (Wildman–Crippen LogP) is 4.81. The zero-order valence-electron chi connectivity index (χ0n) is 16.1. The van der Waals surface area contributed by atoms with E-state index in [1.54, 1.807) is 13.2 Å². The normalized spacial score (nSPS) is 12.4. The summed E-state index contributed by atoms with van der Waals surface area (Å²) in [5, 5.41) is 10.9. The molecule has 0 fully saturated rings. The number of methoxy groups -OCH3 is 1. The summed E-state index contributed by atoms with van der Waals surface area (Å²) in [4.78, 5) is 27.7. The molecule has 3 aromatic rings. The van der Waals surface area contributed by atoms with Gasteiger partial charge in [0.25, 0.3) is 5.69 Å². The Bertz CT molecular complexity index is 1040. The Kier molecular flexibility index (Phi) is 6.17. The molecule has 0 aliphatic rings. The summed E-state index contributed by atoms with van der Waals surface area (Å²) in [7, 11) is 1.67. The van der Waals surface area contributed by atoms with Crippen molar-refractivity contribution < 1.29 is 14.5 Å². The molecular weight excluding hydrogens is 398 g/mol. The van der Waals surface area contributed by atoms with Crippen LogP contribution in [0.5, 0.6) is 0 Å². The number of aryl methyl sites for hydroxylation is 1. The molecule has 7 nitrogen and oxygen atoms in total. The molecule has 0 unspecified atom stereocenters. The fraction of sp³-hybridized carbons (Fsp3) is 0.368. The lowest BCUT2D eigenvalue weighted by Gasteiger charge is -2.17. The number of non-ortho nitro benzene ring substituents is 1. The van der Waals surface area contributed by atoms with Crippen LogP contribution in [-0.2, 0) is 4.74 Å². The van der Waals surface area contributed by atoms with E-state index < -0.39 is 4.92 Å². The Balaban J connectivity index is 1.75. The number of carbonyl (C=O) groups excluding carboxylic acids is 1. The van der Waals surface area contributed by atoms with E-state index >= 15 is 0 Å². The van der Waals surface area contributed by atoms with Crippen molar-refractivity contribution in [2.45, 2.75) is 31.2 Å². The molecule has 28 heavy (non-hydrogen) atoms. The standard InChI is InChI=1S/C19H21N3O4S2/c1-11-7-15(13(3)21(11)12(2)9-26-4)17(23)10-27-19-20-16-6-5-14(22(24)25)8-18(16)28-19/h5-8,12H,9-10H2,1-4H3/t12-/m1/s1. The molecule has 3 rings (SSSR count). The number of hydrogen-bond acceptors (Lipinski definition) is 7. The zero-order chi connectivity index (χ0) is 20.4. The predicted molar refractivity (Wildman–Crippen MR) is 112 cm³/mol. The number of ketones is 1. The van der Waals surface area contributed by atoms with E-state index in [1.165, 1.54) is 35.2 Å². The van der Waals surface area contributed by atoms with Crippen molar-refractivity contribution in [2.24, 2.45) is 0 Å². The van der Waals surface area contributed by atoms with Crippen molar-refractivity contribution in [1.82, 2.24) is 9.55 Å². The highest BCUT2D eigenvalue weighted by Crippen LogP contribution is 2.32. The Morgan fingerprint density at radius 3 is 2.82 bits per heavy atom. The number of rotatable bonds is 8. The van der Waals surface area contributed by atoms with Crippen molar-refractivity contribution in [1.29, 1.82) is 0 Å². The molecule has 0 saturated heterocycles.